The van der Waals surface area contributed by atoms with Crippen molar-refractivity contribution in [3.05, 3.63) is 78.5 Å². The summed E-state index contributed by atoms with van der Waals surface area (Å²) in [4.78, 5) is 24.9. The molecule has 0 fully saturated rings. The smallest absolute Gasteiger partial charge is 0.230 e. The van der Waals surface area contributed by atoms with Gasteiger partial charge in [0.1, 0.15) is 5.75 Å². The second-order valence-electron chi connectivity index (χ2n) is 6.65. The molecule has 4 aromatic rings. The first-order chi connectivity index (χ1) is 14.8. The zero-order valence-corrected chi connectivity index (χ0v) is 17.1. The Hall–Kier alpha value is -3.52. The van der Waals surface area contributed by atoms with Gasteiger partial charge in [-0.25, -0.2) is 9.97 Å². The second-order valence-corrected chi connectivity index (χ2v) is 7.51. The number of pyridine rings is 1. The van der Waals surface area contributed by atoms with Crippen molar-refractivity contribution in [3.8, 4) is 17.0 Å². The zero-order chi connectivity index (χ0) is 20.6. The second kappa shape index (κ2) is 9.80. The van der Waals surface area contributed by atoms with Crippen LogP contribution in [0.2, 0.25) is 0 Å². The maximum atomic E-state index is 12.4. The van der Waals surface area contributed by atoms with Gasteiger partial charge >= 0.3 is 0 Å². The highest BCUT2D eigenvalue weighted by molar-refractivity contribution is 7.14. The van der Waals surface area contributed by atoms with Crippen molar-refractivity contribution in [3.63, 3.8) is 0 Å². The van der Waals surface area contributed by atoms with Gasteiger partial charge in [0.25, 0.3) is 0 Å². The SMILES string of the molecule is O=C(Cc1cccc(OCCCn2ccnc2)c1)Nc1nc(-c2ccncc2)cs1. The topological polar surface area (TPSA) is 81.9 Å². The summed E-state index contributed by atoms with van der Waals surface area (Å²) < 4.78 is 7.83. The molecule has 8 heteroatoms. The number of nitrogens with zero attached hydrogens (tertiary/aromatic N) is 4. The minimum atomic E-state index is -0.108. The number of hydrogen-bond acceptors (Lipinski definition) is 6. The minimum absolute atomic E-state index is 0.108. The molecule has 0 atom stereocenters. The Balaban J connectivity index is 1.27. The van der Waals surface area contributed by atoms with Gasteiger partial charge in [-0.1, -0.05) is 12.1 Å². The van der Waals surface area contributed by atoms with Crippen LogP contribution < -0.4 is 10.1 Å². The number of carbonyl (C=O) groups excluding carboxylic acids is 1. The third kappa shape index (κ3) is 5.51. The average Bonchev–Trinajstić information content (AvgIpc) is 3.44. The number of aryl methyl sites for hydroxylation is 1. The van der Waals surface area contributed by atoms with Crippen LogP contribution in [0.4, 0.5) is 5.13 Å². The summed E-state index contributed by atoms with van der Waals surface area (Å²) in [6, 6.07) is 11.4. The molecular weight excluding hydrogens is 398 g/mol. The molecule has 0 saturated carbocycles. The Bertz CT molecular complexity index is 1080. The molecule has 3 aromatic heterocycles. The summed E-state index contributed by atoms with van der Waals surface area (Å²) in [5.74, 6) is 0.656. The van der Waals surface area contributed by atoms with Crippen LogP contribution in [-0.4, -0.2) is 32.0 Å². The molecular formula is C22H21N5O2S. The molecule has 0 spiro atoms. The molecule has 30 heavy (non-hydrogen) atoms. The molecule has 0 bridgehead atoms. The van der Waals surface area contributed by atoms with Crippen LogP contribution in [0.1, 0.15) is 12.0 Å². The van der Waals surface area contributed by atoms with Gasteiger partial charge in [0.05, 0.1) is 25.0 Å². The number of aromatic nitrogens is 4. The molecule has 0 aliphatic heterocycles. The first-order valence-electron chi connectivity index (χ1n) is 9.59. The summed E-state index contributed by atoms with van der Waals surface area (Å²) >= 11 is 1.40. The molecule has 4 rings (SSSR count). The first kappa shape index (κ1) is 19.8. The first-order valence-corrected chi connectivity index (χ1v) is 10.5. The number of anilines is 1. The number of ether oxygens (including phenoxy) is 1. The molecule has 1 aromatic carbocycles. The van der Waals surface area contributed by atoms with E-state index in [-0.39, 0.29) is 12.3 Å². The predicted molar refractivity (Wildman–Crippen MR) is 116 cm³/mol. The Labute approximate surface area is 178 Å². The zero-order valence-electron chi connectivity index (χ0n) is 16.3. The number of thiazole rings is 1. The number of carbonyl (C=O) groups is 1. The van der Waals surface area contributed by atoms with Crippen molar-refractivity contribution in [2.45, 2.75) is 19.4 Å². The van der Waals surface area contributed by atoms with Gasteiger partial charge in [-0.3, -0.25) is 9.78 Å². The largest absolute Gasteiger partial charge is 0.494 e. The molecule has 1 amide bonds. The molecule has 0 saturated heterocycles. The Kier molecular flexibility index (Phi) is 6.46. The summed E-state index contributed by atoms with van der Waals surface area (Å²) in [6.45, 7) is 1.46. The van der Waals surface area contributed by atoms with E-state index in [4.69, 9.17) is 4.74 Å². The molecule has 3 heterocycles. The fraction of sp³-hybridized carbons (Fsp3) is 0.182. The Morgan fingerprint density at radius 3 is 2.87 bits per heavy atom. The van der Waals surface area contributed by atoms with Crippen molar-refractivity contribution >= 4 is 22.4 Å². The average molecular weight is 420 g/mol. The fourth-order valence-electron chi connectivity index (χ4n) is 2.94. The number of imidazole rings is 1. The van der Waals surface area contributed by atoms with E-state index in [2.05, 4.69) is 20.3 Å². The van der Waals surface area contributed by atoms with E-state index in [9.17, 15) is 4.79 Å². The van der Waals surface area contributed by atoms with Crippen molar-refractivity contribution in [1.29, 1.82) is 0 Å². The lowest BCUT2D eigenvalue weighted by molar-refractivity contribution is -0.115. The number of nitrogens with one attached hydrogen (secondary N) is 1. The van der Waals surface area contributed by atoms with Crippen LogP contribution >= 0.6 is 11.3 Å². The van der Waals surface area contributed by atoms with Crippen LogP contribution in [0.25, 0.3) is 11.3 Å². The molecule has 0 aliphatic carbocycles. The monoisotopic (exact) mass is 419 g/mol. The highest BCUT2D eigenvalue weighted by Gasteiger charge is 2.09. The molecule has 0 unspecified atom stereocenters. The highest BCUT2D eigenvalue weighted by Crippen LogP contribution is 2.24. The van der Waals surface area contributed by atoms with Crippen molar-refractivity contribution in [2.24, 2.45) is 0 Å². The van der Waals surface area contributed by atoms with E-state index >= 15 is 0 Å². The van der Waals surface area contributed by atoms with E-state index < -0.39 is 0 Å². The Morgan fingerprint density at radius 1 is 1.13 bits per heavy atom. The third-order valence-corrected chi connectivity index (χ3v) is 5.14. The Morgan fingerprint density at radius 2 is 2.03 bits per heavy atom. The van der Waals surface area contributed by atoms with Crippen LogP contribution in [0, 0.1) is 0 Å². The summed E-state index contributed by atoms with van der Waals surface area (Å²) in [5.41, 5.74) is 2.69. The number of hydrogen-bond donors (Lipinski definition) is 1. The number of amides is 1. The quantitative estimate of drug-likeness (QED) is 0.414. The molecule has 0 radical (unpaired) electrons. The lowest BCUT2D eigenvalue weighted by Gasteiger charge is -2.08. The van der Waals surface area contributed by atoms with Gasteiger partial charge in [0.2, 0.25) is 5.91 Å². The van der Waals surface area contributed by atoms with Gasteiger partial charge in [0, 0.05) is 42.3 Å². The van der Waals surface area contributed by atoms with Crippen molar-refractivity contribution < 1.29 is 9.53 Å². The van der Waals surface area contributed by atoms with Crippen molar-refractivity contribution in [1.82, 2.24) is 19.5 Å². The molecule has 1 N–H and O–H groups in total. The lowest BCUT2D eigenvalue weighted by Crippen LogP contribution is -2.14. The lowest BCUT2D eigenvalue weighted by atomic mass is 10.1. The number of rotatable bonds is 9. The summed E-state index contributed by atoms with van der Waals surface area (Å²) in [7, 11) is 0. The minimum Gasteiger partial charge on any atom is -0.494 e. The molecule has 152 valence electrons. The van der Waals surface area contributed by atoms with Gasteiger partial charge in [-0.05, 0) is 36.2 Å². The maximum Gasteiger partial charge on any atom is 0.230 e. The third-order valence-electron chi connectivity index (χ3n) is 4.38. The standard InChI is InChI=1S/C22H21N5O2S/c28-21(26-22-25-20(15-30-22)18-5-7-23-8-6-18)14-17-3-1-4-19(13-17)29-12-2-10-27-11-9-24-16-27/h1,3-9,11,13,15-16H,2,10,12,14H2,(H,25,26,28). The number of benzene rings is 1. The van der Waals surface area contributed by atoms with E-state index in [1.807, 2.05) is 52.5 Å². The van der Waals surface area contributed by atoms with Crippen LogP contribution in [0.5, 0.6) is 5.75 Å². The van der Waals surface area contributed by atoms with Crippen LogP contribution in [-0.2, 0) is 17.8 Å². The maximum absolute atomic E-state index is 12.4. The van der Waals surface area contributed by atoms with E-state index in [1.165, 1.54) is 11.3 Å². The van der Waals surface area contributed by atoms with E-state index in [1.54, 1.807) is 24.9 Å². The molecule has 7 nitrogen and oxygen atoms in total. The van der Waals surface area contributed by atoms with Gasteiger partial charge in [-0.15, -0.1) is 11.3 Å². The van der Waals surface area contributed by atoms with Gasteiger partial charge < -0.3 is 14.6 Å². The van der Waals surface area contributed by atoms with Gasteiger partial charge in [0.15, 0.2) is 5.13 Å². The van der Waals surface area contributed by atoms with Crippen LogP contribution in [0.15, 0.2) is 72.9 Å². The van der Waals surface area contributed by atoms with Crippen molar-refractivity contribution in [2.75, 3.05) is 11.9 Å². The molecule has 0 aliphatic rings. The van der Waals surface area contributed by atoms with E-state index in [0.717, 1.165) is 35.5 Å². The summed E-state index contributed by atoms with van der Waals surface area (Å²) in [5, 5.41) is 5.37. The van der Waals surface area contributed by atoms with Crippen LogP contribution in [0.3, 0.4) is 0 Å². The fourth-order valence-corrected chi connectivity index (χ4v) is 3.67. The predicted octanol–water partition coefficient (Wildman–Crippen LogP) is 4.05. The summed E-state index contributed by atoms with van der Waals surface area (Å²) in [6.07, 6.45) is 10.1. The van der Waals surface area contributed by atoms with E-state index in [0.29, 0.717) is 11.7 Å². The van der Waals surface area contributed by atoms with Gasteiger partial charge in [-0.2, -0.15) is 0 Å². The highest BCUT2D eigenvalue weighted by atomic mass is 32.1. The normalized spacial score (nSPS) is 10.7.